The highest BCUT2D eigenvalue weighted by atomic mass is 16.4. The van der Waals surface area contributed by atoms with Crippen LogP contribution in [-0.2, 0) is 0 Å². The molecule has 0 radical (unpaired) electrons. The van der Waals surface area contributed by atoms with E-state index >= 15 is 0 Å². The normalized spacial score (nSPS) is 10.1. The number of para-hydroxylation sites is 1. The Morgan fingerprint density at radius 1 is 1.33 bits per heavy atom. The van der Waals surface area contributed by atoms with Crippen LogP contribution in [0, 0.1) is 25.2 Å². The number of aromatic carboxylic acids is 1. The summed E-state index contributed by atoms with van der Waals surface area (Å²) < 4.78 is 1.79. The maximum absolute atomic E-state index is 11.2. The second-order valence-corrected chi connectivity index (χ2v) is 4.05. The lowest BCUT2D eigenvalue weighted by Gasteiger charge is -2.12. The van der Waals surface area contributed by atoms with Crippen LogP contribution in [0.5, 0.6) is 0 Å². The van der Waals surface area contributed by atoms with Gasteiger partial charge in [0, 0.05) is 11.4 Å². The molecule has 18 heavy (non-hydrogen) atoms. The summed E-state index contributed by atoms with van der Waals surface area (Å²) in [6.45, 7) is 3.66. The molecule has 0 bridgehead atoms. The van der Waals surface area contributed by atoms with E-state index in [1.165, 1.54) is 0 Å². The van der Waals surface area contributed by atoms with Crippen molar-refractivity contribution in [3.05, 3.63) is 52.8 Å². The van der Waals surface area contributed by atoms with Gasteiger partial charge in [-0.15, -0.1) is 0 Å². The summed E-state index contributed by atoms with van der Waals surface area (Å²) in [5, 5.41) is 18.2. The first kappa shape index (κ1) is 11.9. The van der Waals surface area contributed by atoms with Crippen molar-refractivity contribution >= 4 is 5.97 Å². The Balaban J connectivity index is 2.74. The number of carbonyl (C=O) groups is 1. The molecule has 2 rings (SSSR count). The van der Waals surface area contributed by atoms with E-state index in [9.17, 15) is 9.90 Å². The molecule has 0 aliphatic carbocycles. The Morgan fingerprint density at radius 2 is 2.00 bits per heavy atom. The fourth-order valence-electron chi connectivity index (χ4n) is 2.10. The van der Waals surface area contributed by atoms with Gasteiger partial charge in [-0.3, -0.25) is 0 Å². The van der Waals surface area contributed by atoms with Crippen LogP contribution >= 0.6 is 0 Å². The highest BCUT2D eigenvalue weighted by molar-refractivity contribution is 5.92. The number of hydrogen-bond donors (Lipinski definition) is 1. The van der Waals surface area contributed by atoms with Gasteiger partial charge in [0.25, 0.3) is 0 Å². The topological polar surface area (TPSA) is 66.0 Å². The third kappa shape index (κ3) is 1.76. The van der Waals surface area contributed by atoms with Gasteiger partial charge < -0.3 is 9.67 Å². The molecule has 1 aromatic carbocycles. The van der Waals surface area contributed by atoms with Gasteiger partial charge in [-0.1, -0.05) is 12.1 Å². The number of hydrogen-bond acceptors (Lipinski definition) is 2. The van der Waals surface area contributed by atoms with E-state index in [0.717, 1.165) is 11.4 Å². The number of benzene rings is 1. The van der Waals surface area contributed by atoms with Crippen LogP contribution in [0.3, 0.4) is 0 Å². The minimum absolute atomic E-state index is 0.226. The van der Waals surface area contributed by atoms with Crippen LogP contribution in [0.2, 0.25) is 0 Å². The Morgan fingerprint density at radius 3 is 2.56 bits per heavy atom. The molecule has 0 fully saturated rings. The number of aryl methyl sites for hydroxylation is 1. The summed E-state index contributed by atoms with van der Waals surface area (Å²) in [4.78, 5) is 11.2. The van der Waals surface area contributed by atoms with E-state index < -0.39 is 5.97 Å². The molecule has 0 amide bonds. The van der Waals surface area contributed by atoms with Crippen molar-refractivity contribution in [2.75, 3.05) is 0 Å². The molecule has 0 aliphatic rings. The van der Waals surface area contributed by atoms with Crippen LogP contribution in [0.15, 0.2) is 30.3 Å². The monoisotopic (exact) mass is 240 g/mol. The number of nitriles is 1. The Labute approximate surface area is 105 Å². The molecule has 1 N–H and O–H groups in total. The largest absolute Gasteiger partial charge is 0.478 e. The second-order valence-electron chi connectivity index (χ2n) is 4.05. The van der Waals surface area contributed by atoms with Crippen molar-refractivity contribution in [3.8, 4) is 11.8 Å². The molecule has 0 spiro atoms. The second kappa shape index (κ2) is 4.38. The van der Waals surface area contributed by atoms with E-state index in [-0.39, 0.29) is 5.56 Å². The number of aromatic nitrogens is 1. The fraction of sp³-hybridized carbons (Fsp3) is 0.143. The lowest BCUT2D eigenvalue weighted by molar-refractivity contribution is 0.0697. The number of carboxylic acid groups (broad SMARTS) is 1. The van der Waals surface area contributed by atoms with Crippen molar-refractivity contribution in [3.63, 3.8) is 0 Å². The maximum atomic E-state index is 11.2. The summed E-state index contributed by atoms with van der Waals surface area (Å²) >= 11 is 0. The van der Waals surface area contributed by atoms with Gasteiger partial charge in [0.1, 0.15) is 6.07 Å². The van der Waals surface area contributed by atoms with Crippen LogP contribution in [-0.4, -0.2) is 15.6 Å². The summed E-state index contributed by atoms with van der Waals surface area (Å²) in [7, 11) is 0. The van der Waals surface area contributed by atoms with Crippen molar-refractivity contribution in [2.24, 2.45) is 0 Å². The average molecular weight is 240 g/mol. The zero-order valence-electron chi connectivity index (χ0n) is 10.1. The summed E-state index contributed by atoms with van der Waals surface area (Å²) in [6, 6.07) is 10.6. The predicted molar refractivity (Wildman–Crippen MR) is 66.9 cm³/mol. The molecule has 0 atom stereocenters. The number of rotatable bonds is 2. The summed E-state index contributed by atoms with van der Waals surface area (Å²) in [5.41, 5.74) is 2.97. The Bertz CT molecular complexity index is 663. The third-order valence-corrected chi connectivity index (χ3v) is 2.93. The Hall–Kier alpha value is -2.54. The first-order valence-corrected chi connectivity index (χ1v) is 5.48. The van der Waals surface area contributed by atoms with Crippen molar-refractivity contribution in [2.45, 2.75) is 13.8 Å². The van der Waals surface area contributed by atoms with E-state index in [1.807, 2.05) is 13.8 Å². The van der Waals surface area contributed by atoms with Gasteiger partial charge in [-0.05, 0) is 32.0 Å². The van der Waals surface area contributed by atoms with Gasteiger partial charge in [0.15, 0.2) is 0 Å². The van der Waals surface area contributed by atoms with Crippen molar-refractivity contribution in [1.82, 2.24) is 4.57 Å². The van der Waals surface area contributed by atoms with E-state index in [4.69, 9.17) is 5.26 Å². The first-order chi connectivity index (χ1) is 8.56. The molecular weight excluding hydrogens is 228 g/mol. The molecule has 0 unspecified atom stereocenters. The van der Waals surface area contributed by atoms with Crippen LogP contribution in [0.25, 0.3) is 5.69 Å². The molecule has 4 nitrogen and oxygen atoms in total. The lowest BCUT2D eigenvalue weighted by atomic mass is 10.1. The SMILES string of the molecule is Cc1cc(C#N)c(C)n1-c1ccccc1C(=O)O. The smallest absolute Gasteiger partial charge is 0.337 e. The highest BCUT2D eigenvalue weighted by Gasteiger charge is 2.15. The Kier molecular flexibility index (Phi) is 2.90. The average Bonchev–Trinajstić information content (AvgIpc) is 2.64. The van der Waals surface area contributed by atoms with E-state index in [2.05, 4.69) is 6.07 Å². The zero-order valence-corrected chi connectivity index (χ0v) is 10.1. The standard InChI is InChI=1S/C14H12N2O2/c1-9-7-11(8-15)10(2)16(9)13-6-4-3-5-12(13)14(17)18/h3-7H,1-2H3,(H,17,18). The van der Waals surface area contributed by atoms with Gasteiger partial charge >= 0.3 is 5.97 Å². The van der Waals surface area contributed by atoms with Crippen LogP contribution in [0.4, 0.5) is 0 Å². The number of carboxylic acids is 1. The van der Waals surface area contributed by atoms with Gasteiger partial charge in [-0.2, -0.15) is 5.26 Å². The molecule has 90 valence electrons. The van der Waals surface area contributed by atoms with Gasteiger partial charge in [0.2, 0.25) is 0 Å². The lowest BCUT2D eigenvalue weighted by Crippen LogP contribution is -2.07. The zero-order chi connectivity index (χ0) is 13.3. The molecule has 2 aromatic rings. The third-order valence-electron chi connectivity index (χ3n) is 2.93. The fourth-order valence-corrected chi connectivity index (χ4v) is 2.10. The summed E-state index contributed by atoms with van der Waals surface area (Å²) in [5.74, 6) is -0.975. The van der Waals surface area contributed by atoms with Crippen LogP contribution < -0.4 is 0 Å². The molecule has 4 heteroatoms. The van der Waals surface area contributed by atoms with Gasteiger partial charge in [-0.25, -0.2) is 4.79 Å². The highest BCUT2D eigenvalue weighted by Crippen LogP contribution is 2.23. The van der Waals surface area contributed by atoms with Crippen LogP contribution in [0.1, 0.15) is 27.3 Å². The van der Waals surface area contributed by atoms with E-state index in [1.54, 1.807) is 34.9 Å². The number of nitrogens with zero attached hydrogens (tertiary/aromatic N) is 2. The van der Waals surface area contributed by atoms with E-state index in [0.29, 0.717) is 11.3 Å². The summed E-state index contributed by atoms with van der Waals surface area (Å²) in [6.07, 6.45) is 0. The molecule has 0 saturated heterocycles. The van der Waals surface area contributed by atoms with Crippen molar-refractivity contribution < 1.29 is 9.90 Å². The van der Waals surface area contributed by atoms with Gasteiger partial charge in [0.05, 0.1) is 16.8 Å². The maximum Gasteiger partial charge on any atom is 0.337 e. The molecule has 1 aromatic heterocycles. The molecule has 1 heterocycles. The molecule has 0 aliphatic heterocycles. The predicted octanol–water partition coefficient (Wildman–Crippen LogP) is 2.66. The minimum Gasteiger partial charge on any atom is -0.478 e. The molecular formula is C14H12N2O2. The quantitative estimate of drug-likeness (QED) is 0.877. The minimum atomic E-state index is -0.975. The first-order valence-electron chi connectivity index (χ1n) is 5.48. The van der Waals surface area contributed by atoms with Crippen molar-refractivity contribution in [1.29, 1.82) is 5.26 Å². The molecule has 0 saturated carbocycles.